The van der Waals surface area contributed by atoms with Gasteiger partial charge >= 0.3 is 0 Å². The van der Waals surface area contributed by atoms with Gasteiger partial charge in [-0.25, -0.2) is 17.4 Å². The third-order valence-corrected chi connectivity index (χ3v) is 6.13. The Morgan fingerprint density at radius 2 is 1.67 bits per heavy atom. The number of anilines is 1. The number of hydrogen-bond acceptors (Lipinski definition) is 4. The fourth-order valence-corrected chi connectivity index (χ4v) is 4.41. The lowest BCUT2D eigenvalue weighted by atomic mass is 9.97. The van der Waals surface area contributed by atoms with E-state index >= 15 is 0 Å². The van der Waals surface area contributed by atoms with Crippen LogP contribution >= 0.6 is 0 Å². The summed E-state index contributed by atoms with van der Waals surface area (Å²) in [5.74, 6) is 0.340. The summed E-state index contributed by atoms with van der Waals surface area (Å²) in [6.45, 7) is 6.71. The van der Waals surface area contributed by atoms with Crippen LogP contribution in [0.3, 0.4) is 0 Å². The van der Waals surface area contributed by atoms with E-state index in [2.05, 4.69) is 16.5 Å². The second-order valence-electron chi connectivity index (χ2n) is 7.35. The van der Waals surface area contributed by atoms with Crippen molar-refractivity contribution in [2.24, 2.45) is 5.92 Å². The minimum atomic E-state index is -3.19. The van der Waals surface area contributed by atoms with Crippen molar-refractivity contribution in [3.05, 3.63) is 41.1 Å². The lowest BCUT2D eigenvalue weighted by molar-refractivity contribution is -0.120. The van der Waals surface area contributed by atoms with Crippen LogP contribution in [-0.4, -0.2) is 47.8 Å². The normalized spacial score (nSPS) is 16.4. The van der Waals surface area contributed by atoms with Gasteiger partial charge in [-0.05, 0) is 56.9 Å². The predicted octanol–water partition coefficient (Wildman–Crippen LogP) is 2.41. The highest BCUT2D eigenvalue weighted by Crippen LogP contribution is 2.23. The molecular weight excluding hydrogens is 364 g/mol. The Morgan fingerprint density at radius 1 is 1.07 bits per heavy atom. The number of piperidine rings is 1. The first-order valence-electron chi connectivity index (χ1n) is 9.05. The SMILES string of the molecule is Cc1cc(C)cc(-n2nc(C)cc2NC(=O)C2CCN(S(C)(=O)=O)CC2)c1. The first-order chi connectivity index (χ1) is 12.6. The summed E-state index contributed by atoms with van der Waals surface area (Å²) in [6.07, 6.45) is 2.25. The van der Waals surface area contributed by atoms with E-state index < -0.39 is 10.0 Å². The standard InChI is InChI=1S/C19H26N4O3S/c1-13-9-14(2)11-17(10-13)23-18(12-15(3)21-23)20-19(24)16-5-7-22(8-6-16)27(4,25)26/h9-12,16H,5-8H2,1-4H3,(H,20,24). The van der Waals surface area contributed by atoms with Gasteiger partial charge in [0.25, 0.3) is 0 Å². The molecule has 1 aliphatic rings. The van der Waals surface area contributed by atoms with Crippen LogP contribution in [0, 0.1) is 26.7 Å². The number of sulfonamides is 1. The van der Waals surface area contributed by atoms with Gasteiger partial charge in [0.05, 0.1) is 17.6 Å². The van der Waals surface area contributed by atoms with Crippen molar-refractivity contribution in [2.75, 3.05) is 24.7 Å². The third-order valence-electron chi connectivity index (χ3n) is 4.83. The molecule has 1 aromatic heterocycles. The molecule has 0 saturated carbocycles. The highest BCUT2D eigenvalue weighted by Gasteiger charge is 2.29. The van der Waals surface area contributed by atoms with Crippen LogP contribution in [0.5, 0.6) is 0 Å². The monoisotopic (exact) mass is 390 g/mol. The van der Waals surface area contributed by atoms with Crippen molar-refractivity contribution < 1.29 is 13.2 Å². The molecule has 1 aliphatic heterocycles. The Labute approximate surface area is 160 Å². The van der Waals surface area contributed by atoms with Gasteiger partial charge in [0.1, 0.15) is 5.82 Å². The second-order valence-corrected chi connectivity index (χ2v) is 9.34. The molecular formula is C19H26N4O3S. The first kappa shape index (κ1) is 19.6. The topological polar surface area (TPSA) is 84.3 Å². The van der Waals surface area contributed by atoms with E-state index in [-0.39, 0.29) is 11.8 Å². The van der Waals surface area contributed by atoms with Gasteiger partial charge in [-0.3, -0.25) is 4.79 Å². The Kier molecular flexibility index (Phi) is 5.39. The fourth-order valence-electron chi connectivity index (χ4n) is 3.54. The molecule has 0 bridgehead atoms. The molecule has 8 heteroatoms. The Morgan fingerprint density at radius 3 is 2.22 bits per heavy atom. The Balaban J connectivity index is 1.76. The average Bonchev–Trinajstić information content (AvgIpc) is 2.93. The zero-order chi connectivity index (χ0) is 19.8. The van der Waals surface area contributed by atoms with Crippen molar-refractivity contribution in [3.8, 4) is 5.69 Å². The number of benzene rings is 1. The number of nitrogens with zero attached hydrogens (tertiary/aromatic N) is 3. The van der Waals surface area contributed by atoms with E-state index in [0.717, 1.165) is 22.5 Å². The van der Waals surface area contributed by atoms with E-state index in [1.54, 1.807) is 4.68 Å². The number of amides is 1. The third kappa shape index (κ3) is 4.56. The van der Waals surface area contributed by atoms with Crippen molar-refractivity contribution in [1.29, 1.82) is 0 Å². The van der Waals surface area contributed by atoms with Crippen molar-refractivity contribution >= 4 is 21.7 Å². The van der Waals surface area contributed by atoms with E-state index in [1.807, 2.05) is 39.0 Å². The molecule has 1 aromatic carbocycles. The largest absolute Gasteiger partial charge is 0.310 e. The summed E-state index contributed by atoms with van der Waals surface area (Å²) < 4.78 is 26.4. The summed E-state index contributed by atoms with van der Waals surface area (Å²) in [5, 5.41) is 7.51. The lowest BCUT2D eigenvalue weighted by Crippen LogP contribution is -2.41. The van der Waals surface area contributed by atoms with Crippen molar-refractivity contribution in [1.82, 2.24) is 14.1 Å². The van der Waals surface area contributed by atoms with E-state index in [4.69, 9.17) is 0 Å². The number of aromatic nitrogens is 2. The van der Waals surface area contributed by atoms with Crippen LogP contribution < -0.4 is 5.32 Å². The van der Waals surface area contributed by atoms with Crippen LogP contribution in [0.4, 0.5) is 5.82 Å². The van der Waals surface area contributed by atoms with Crippen molar-refractivity contribution in [3.63, 3.8) is 0 Å². The summed E-state index contributed by atoms with van der Waals surface area (Å²) >= 11 is 0. The highest BCUT2D eigenvalue weighted by atomic mass is 32.2. The number of nitrogens with one attached hydrogen (secondary N) is 1. The molecule has 2 heterocycles. The van der Waals surface area contributed by atoms with Gasteiger partial charge in [0.15, 0.2) is 0 Å². The zero-order valence-corrected chi connectivity index (χ0v) is 17.0. The lowest BCUT2D eigenvalue weighted by Gasteiger charge is -2.29. The molecule has 1 amide bonds. The molecule has 1 N–H and O–H groups in total. The maximum Gasteiger partial charge on any atom is 0.228 e. The van der Waals surface area contributed by atoms with Crippen LogP contribution in [0.25, 0.3) is 5.69 Å². The van der Waals surface area contributed by atoms with Gasteiger partial charge in [-0.15, -0.1) is 0 Å². The van der Waals surface area contributed by atoms with E-state index in [0.29, 0.717) is 31.7 Å². The first-order valence-corrected chi connectivity index (χ1v) is 10.9. The van der Waals surface area contributed by atoms with E-state index in [9.17, 15) is 13.2 Å². The number of carbonyl (C=O) groups excluding carboxylic acids is 1. The second kappa shape index (κ2) is 7.44. The molecule has 1 saturated heterocycles. The minimum Gasteiger partial charge on any atom is -0.310 e. The maximum absolute atomic E-state index is 12.7. The van der Waals surface area contributed by atoms with Gasteiger partial charge in [-0.2, -0.15) is 5.10 Å². The van der Waals surface area contributed by atoms with E-state index in [1.165, 1.54) is 10.6 Å². The zero-order valence-electron chi connectivity index (χ0n) is 16.2. The molecule has 27 heavy (non-hydrogen) atoms. The summed E-state index contributed by atoms with van der Waals surface area (Å²) in [7, 11) is -3.19. The number of hydrogen-bond donors (Lipinski definition) is 1. The summed E-state index contributed by atoms with van der Waals surface area (Å²) in [5.41, 5.74) is 3.98. The molecule has 3 rings (SSSR count). The Hall–Kier alpha value is -2.19. The quantitative estimate of drug-likeness (QED) is 0.869. The van der Waals surface area contributed by atoms with Crippen LogP contribution in [0.15, 0.2) is 24.3 Å². The van der Waals surface area contributed by atoms with Crippen LogP contribution in [-0.2, 0) is 14.8 Å². The number of rotatable bonds is 4. The Bertz CT molecular complexity index is 937. The molecule has 0 aliphatic carbocycles. The number of carbonyl (C=O) groups is 1. The predicted molar refractivity (Wildman–Crippen MR) is 106 cm³/mol. The molecule has 7 nitrogen and oxygen atoms in total. The molecule has 146 valence electrons. The maximum atomic E-state index is 12.7. The molecule has 1 fully saturated rings. The minimum absolute atomic E-state index is 0.0892. The molecule has 0 atom stereocenters. The highest BCUT2D eigenvalue weighted by molar-refractivity contribution is 7.88. The average molecular weight is 391 g/mol. The smallest absolute Gasteiger partial charge is 0.228 e. The fraction of sp³-hybridized carbons (Fsp3) is 0.474. The van der Waals surface area contributed by atoms with Crippen LogP contribution in [0.2, 0.25) is 0 Å². The molecule has 0 radical (unpaired) electrons. The molecule has 2 aromatic rings. The number of aryl methyl sites for hydroxylation is 3. The summed E-state index contributed by atoms with van der Waals surface area (Å²) in [6, 6.07) is 7.99. The molecule has 0 spiro atoms. The van der Waals surface area contributed by atoms with Gasteiger partial charge in [0, 0.05) is 25.1 Å². The van der Waals surface area contributed by atoms with Gasteiger partial charge in [-0.1, -0.05) is 6.07 Å². The summed E-state index contributed by atoms with van der Waals surface area (Å²) in [4.78, 5) is 12.7. The van der Waals surface area contributed by atoms with Gasteiger partial charge < -0.3 is 5.32 Å². The molecule has 0 unspecified atom stereocenters. The van der Waals surface area contributed by atoms with Crippen molar-refractivity contribution in [2.45, 2.75) is 33.6 Å². The van der Waals surface area contributed by atoms with Gasteiger partial charge in [0.2, 0.25) is 15.9 Å². The van der Waals surface area contributed by atoms with Crippen LogP contribution in [0.1, 0.15) is 29.7 Å².